The molecule has 1 atom stereocenters. The summed E-state index contributed by atoms with van der Waals surface area (Å²) in [5.74, 6) is 0.0200. The smallest absolute Gasteiger partial charge is 0.237 e. The van der Waals surface area contributed by atoms with E-state index in [2.05, 4.69) is 57.6 Å². The Morgan fingerprint density at radius 2 is 1.58 bits per heavy atom. The second kappa shape index (κ2) is 9.63. The van der Waals surface area contributed by atoms with Crippen LogP contribution in [0.3, 0.4) is 0 Å². The maximum atomic E-state index is 13.1. The number of rotatable bonds is 5. The van der Waals surface area contributed by atoms with E-state index in [1.54, 1.807) is 0 Å². The van der Waals surface area contributed by atoms with Crippen LogP contribution >= 0.6 is 0 Å². The second-order valence-corrected chi connectivity index (χ2v) is 8.87. The summed E-state index contributed by atoms with van der Waals surface area (Å²) in [5.41, 5.74) is 2.36. The molecule has 2 aliphatic heterocycles. The molecule has 6 nitrogen and oxygen atoms in total. The Bertz CT molecular complexity index is 1130. The topological polar surface area (TPSA) is 55.9 Å². The average molecular weight is 443 g/mol. The lowest BCUT2D eigenvalue weighted by atomic mass is 10.0. The van der Waals surface area contributed by atoms with E-state index in [1.165, 1.54) is 16.5 Å². The predicted octanol–water partition coefficient (Wildman–Crippen LogP) is 2.88. The van der Waals surface area contributed by atoms with Crippen LogP contribution in [0.1, 0.15) is 12.0 Å². The number of fused-ring (bicyclic) bond motifs is 1. The zero-order valence-corrected chi connectivity index (χ0v) is 18.8. The number of carbonyl (C=O) groups is 2. The van der Waals surface area contributed by atoms with Gasteiger partial charge in [0.25, 0.3) is 0 Å². The first-order valence-electron chi connectivity index (χ1n) is 11.7. The van der Waals surface area contributed by atoms with Crippen molar-refractivity contribution in [3.63, 3.8) is 0 Å². The number of carbonyl (C=O) groups excluding carboxylic acids is 2. The molecule has 2 amide bonds. The average Bonchev–Trinajstić information content (AvgIpc) is 2.86. The molecular formula is C27H30N4O2. The minimum atomic E-state index is -0.426. The van der Waals surface area contributed by atoms with E-state index in [9.17, 15) is 9.59 Å². The van der Waals surface area contributed by atoms with Gasteiger partial charge in [-0.05, 0) is 34.5 Å². The molecule has 2 aliphatic rings. The van der Waals surface area contributed by atoms with Crippen LogP contribution in [0.5, 0.6) is 0 Å². The van der Waals surface area contributed by atoms with Gasteiger partial charge < -0.3 is 15.1 Å². The highest BCUT2D eigenvalue weighted by Crippen LogP contribution is 2.21. The zero-order chi connectivity index (χ0) is 22.6. The Hall–Kier alpha value is -3.38. The van der Waals surface area contributed by atoms with Crippen molar-refractivity contribution < 1.29 is 9.59 Å². The van der Waals surface area contributed by atoms with E-state index < -0.39 is 6.04 Å². The number of para-hydroxylation sites is 1. The molecule has 6 heteroatoms. The quantitative estimate of drug-likeness (QED) is 0.660. The van der Waals surface area contributed by atoms with Crippen molar-refractivity contribution in [1.82, 2.24) is 15.1 Å². The summed E-state index contributed by atoms with van der Waals surface area (Å²) < 4.78 is 0. The van der Waals surface area contributed by atoms with Crippen molar-refractivity contribution >= 4 is 28.3 Å². The van der Waals surface area contributed by atoms with Gasteiger partial charge >= 0.3 is 0 Å². The van der Waals surface area contributed by atoms with Crippen LogP contribution in [0.4, 0.5) is 5.69 Å². The molecule has 0 saturated carbocycles. The molecule has 1 unspecified atom stereocenters. The van der Waals surface area contributed by atoms with Crippen LogP contribution in [0.2, 0.25) is 0 Å². The Morgan fingerprint density at radius 1 is 0.848 bits per heavy atom. The normalized spacial score (nSPS) is 19.5. The van der Waals surface area contributed by atoms with E-state index in [-0.39, 0.29) is 18.2 Å². The van der Waals surface area contributed by atoms with E-state index >= 15 is 0 Å². The van der Waals surface area contributed by atoms with E-state index in [0.29, 0.717) is 26.2 Å². The highest BCUT2D eigenvalue weighted by molar-refractivity contribution is 5.89. The summed E-state index contributed by atoms with van der Waals surface area (Å²) in [4.78, 5) is 32.2. The van der Waals surface area contributed by atoms with Gasteiger partial charge in [-0.1, -0.05) is 54.6 Å². The third-order valence-electron chi connectivity index (χ3n) is 6.76. The molecule has 0 aliphatic carbocycles. The highest BCUT2D eigenvalue weighted by atomic mass is 16.2. The first-order chi connectivity index (χ1) is 16.2. The lowest BCUT2D eigenvalue weighted by Crippen LogP contribution is -2.57. The number of nitrogens with zero attached hydrogens (tertiary/aromatic N) is 3. The van der Waals surface area contributed by atoms with Crippen molar-refractivity contribution in [1.29, 1.82) is 0 Å². The molecule has 33 heavy (non-hydrogen) atoms. The third kappa shape index (κ3) is 4.86. The summed E-state index contributed by atoms with van der Waals surface area (Å²) in [7, 11) is 0. The maximum absolute atomic E-state index is 13.1. The lowest BCUT2D eigenvalue weighted by molar-refractivity contribution is -0.139. The minimum Gasteiger partial charge on any atom is -0.368 e. The molecule has 2 heterocycles. The number of nitrogens with one attached hydrogen (secondary N) is 1. The first kappa shape index (κ1) is 21.5. The molecule has 2 fully saturated rings. The fourth-order valence-electron chi connectivity index (χ4n) is 4.89. The molecular weight excluding hydrogens is 412 g/mol. The van der Waals surface area contributed by atoms with Gasteiger partial charge in [0, 0.05) is 51.5 Å². The van der Waals surface area contributed by atoms with Crippen molar-refractivity contribution in [3.05, 3.63) is 78.4 Å². The summed E-state index contributed by atoms with van der Waals surface area (Å²) in [6.07, 6.45) is 0.227. The highest BCUT2D eigenvalue weighted by Gasteiger charge is 2.33. The molecule has 0 spiro atoms. The molecule has 170 valence electrons. The fraction of sp³-hybridized carbons (Fsp3) is 0.333. The van der Waals surface area contributed by atoms with Gasteiger partial charge in [-0.15, -0.1) is 0 Å². The first-order valence-corrected chi connectivity index (χ1v) is 11.7. The lowest BCUT2D eigenvalue weighted by Gasteiger charge is -2.39. The Labute approximate surface area is 194 Å². The second-order valence-electron chi connectivity index (χ2n) is 8.87. The van der Waals surface area contributed by atoms with E-state index in [1.807, 2.05) is 35.2 Å². The predicted molar refractivity (Wildman–Crippen MR) is 131 cm³/mol. The molecule has 0 bridgehead atoms. The standard InChI is InChI=1S/C27H30N4O2/c32-26(30-16-14-29(15-17-30)24-8-2-1-3-9-24)19-25-27(33)28-12-13-31(25)20-21-10-11-22-6-4-5-7-23(22)18-21/h1-11,18,25H,12-17,19-20H2,(H,28,33). The molecule has 2 saturated heterocycles. The molecule has 1 N–H and O–H groups in total. The van der Waals surface area contributed by atoms with Crippen molar-refractivity contribution in [2.45, 2.75) is 19.0 Å². The SMILES string of the molecule is O=C1NCCN(Cc2ccc3ccccc3c2)C1CC(=O)N1CCN(c2ccccc2)CC1. The Kier molecular flexibility index (Phi) is 6.26. The number of benzene rings is 3. The summed E-state index contributed by atoms with van der Waals surface area (Å²) in [6.45, 7) is 5.03. The number of anilines is 1. The summed E-state index contributed by atoms with van der Waals surface area (Å²) in [6, 6.07) is 24.6. The van der Waals surface area contributed by atoms with Crippen LogP contribution in [-0.4, -0.2) is 66.9 Å². The Morgan fingerprint density at radius 3 is 2.36 bits per heavy atom. The zero-order valence-electron chi connectivity index (χ0n) is 18.8. The molecule has 0 aromatic heterocycles. The molecule has 3 aromatic rings. The monoisotopic (exact) mass is 442 g/mol. The van der Waals surface area contributed by atoms with Gasteiger partial charge in [0.05, 0.1) is 12.5 Å². The van der Waals surface area contributed by atoms with Crippen molar-refractivity contribution in [3.8, 4) is 0 Å². The molecule has 5 rings (SSSR count). The Balaban J connectivity index is 1.23. The van der Waals surface area contributed by atoms with Gasteiger partial charge in [-0.2, -0.15) is 0 Å². The van der Waals surface area contributed by atoms with Crippen molar-refractivity contribution in [2.24, 2.45) is 0 Å². The van der Waals surface area contributed by atoms with Gasteiger partial charge in [0.2, 0.25) is 11.8 Å². The summed E-state index contributed by atoms with van der Waals surface area (Å²) >= 11 is 0. The van der Waals surface area contributed by atoms with E-state index in [0.717, 1.165) is 25.2 Å². The van der Waals surface area contributed by atoms with Crippen LogP contribution in [0, 0.1) is 0 Å². The fourth-order valence-corrected chi connectivity index (χ4v) is 4.89. The maximum Gasteiger partial charge on any atom is 0.237 e. The minimum absolute atomic E-state index is 0.0432. The summed E-state index contributed by atoms with van der Waals surface area (Å²) in [5, 5.41) is 5.36. The number of hydrogen-bond donors (Lipinski definition) is 1. The molecule has 3 aromatic carbocycles. The molecule has 0 radical (unpaired) electrons. The number of hydrogen-bond acceptors (Lipinski definition) is 4. The van der Waals surface area contributed by atoms with Crippen LogP contribution in [0.25, 0.3) is 10.8 Å². The van der Waals surface area contributed by atoms with Gasteiger partial charge in [0.1, 0.15) is 0 Å². The van der Waals surface area contributed by atoms with Crippen LogP contribution < -0.4 is 10.2 Å². The number of piperazine rings is 2. The van der Waals surface area contributed by atoms with Crippen molar-refractivity contribution in [2.75, 3.05) is 44.2 Å². The number of amides is 2. The van der Waals surface area contributed by atoms with Crippen LogP contribution in [-0.2, 0) is 16.1 Å². The largest absolute Gasteiger partial charge is 0.368 e. The van der Waals surface area contributed by atoms with Gasteiger partial charge in [-0.3, -0.25) is 14.5 Å². The third-order valence-corrected chi connectivity index (χ3v) is 6.76. The van der Waals surface area contributed by atoms with Gasteiger partial charge in [0.15, 0.2) is 0 Å². The van der Waals surface area contributed by atoms with Gasteiger partial charge in [-0.25, -0.2) is 0 Å². The van der Waals surface area contributed by atoms with Crippen LogP contribution in [0.15, 0.2) is 72.8 Å². The van der Waals surface area contributed by atoms with E-state index in [4.69, 9.17) is 0 Å².